The SMILES string of the molecule is CCO[Si](CCCSCC(C)C(=O)O)(OCC)OCC.CCO[Si](CCCSCC(C)O)(OCC)OCC.COC(C)CSCCC[Si](OC)(OC)OC.CO[Si](CCCSCC(C)(C)C(=O)N(C)C)(OC)OC.CO[Si](CCCSCC(C)C(C)=O)(OC)OC. The van der Waals surface area contributed by atoms with Gasteiger partial charge in [-0.1, -0.05) is 27.7 Å². The highest BCUT2D eigenvalue weighted by atomic mass is 32.2. The molecule has 0 saturated carbocycles. The summed E-state index contributed by atoms with van der Waals surface area (Å²) < 4.78 is 88.0. The van der Waals surface area contributed by atoms with Crippen molar-refractivity contribution in [2.75, 3.05) is 182 Å². The summed E-state index contributed by atoms with van der Waals surface area (Å²) in [6.07, 6.45) is 4.99. The van der Waals surface area contributed by atoms with Gasteiger partial charge in [0.2, 0.25) is 5.91 Å². The lowest BCUT2D eigenvalue weighted by atomic mass is 9.95. The van der Waals surface area contributed by atoms with Crippen molar-refractivity contribution in [2.45, 2.75) is 165 Å². The van der Waals surface area contributed by atoms with E-state index in [1.165, 1.54) is 0 Å². The molecular weight excluding hydrogens is 1360 g/mol. The molecule has 0 heterocycles. The minimum absolute atomic E-state index is 0.147. The highest BCUT2D eigenvalue weighted by Crippen LogP contribution is 2.27. The van der Waals surface area contributed by atoms with E-state index >= 15 is 0 Å². The van der Waals surface area contributed by atoms with Gasteiger partial charge in [0.25, 0.3) is 0 Å². The topological polar surface area (TPSA) is 243 Å². The Morgan fingerprint density at radius 2 is 0.692 bits per heavy atom. The second kappa shape index (κ2) is 63.0. The molecule has 4 unspecified atom stereocenters. The fraction of sp³-hybridized carbons (Fsp3) is 0.949. The van der Waals surface area contributed by atoms with Crippen molar-refractivity contribution in [3.05, 3.63) is 0 Å². The molecule has 0 aliphatic rings. The fourth-order valence-electron chi connectivity index (χ4n) is 7.90. The molecular formula is C59H133NO21S5Si5. The molecule has 91 heavy (non-hydrogen) atoms. The molecule has 0 saturated heterocycles. The summed E-state index contributed by atoms with van der Waals surface area (Å²) in [5.74, 6) is 8.64. The number of rotatable bonds is 55. The number of carbonyl (C=O) groups is 3. The van der Waals surface area contributed by atoms with Gasteiger partial charge in [-0.15, -0.1) is 0 Å². The number of hydrogen-bond donors (Lipinski definition) is 2. The number of methoxy groups -OCH3 is 1. The zero-order valence-electron chi connectivity index (χ0n) is 61.3. The molecule has 0 aromatic rings. The summed E-state index contributed by atoms with van der Waals surface area (Å²) in [4.78, 5) is 35.4. The number of aliphatic carboxylic acids is 1. The van der Waals surface area contributed by atoms with E-state index in [1.54, 1.807) is 151 Å². The zero-order valence-corrected chi connectivity index (χ0v) is 70.4. The molecule has 0 spiro atoms. The maximum Gasteiger partial charge on any atom is 0.500 e. The summed E-state index contributed by atoms with van der Waals surface area (Å²) >= 11 is 8.89. The van der Waals surface area contributed by atoms with Gasteiger partial charge in [-0.25, -0.2) is 0 Å². The van der Waals surface area contributed by atoms with Crippen LogP contribution in [0.25, 0.3) is 0 Å². The van der Waals surface area contributed by atoms with Gasteiger partial charge < -0.3 is 86.2 Å². The van der Waals surface area contributed by atoms with Crippen molar-refractivity contribution in [3.8, 4) is 0 Å². The fourth-order valence-corrected chi connectivity index (χ4v) is 24.7. The molecule has 0 aliphatic heterocycles. The molecule has 0 fully saturated rings. The van der Waals surface area contributed by atoms with Gasteiger partial charge in [0.1, 0.15) is 5.78 Å². The average molecular weight is 1490 g/mol. The van der Waals surface area contributed by atoms with Crippen LogP contribution in [0.1, 0.15) is 122 Å². The quantitative estimate of drug-likeness (QED) is 0.0425. The van der Waals surface area contributed by atoms with Crippen molar-refractivity contribution < 1.29 is 95.7 Å². The average Bonchev–Trinajstić information content (AvgIpc) is 2.31. The van der Waals surface area contributed by atoms with Gasteiger partial charge in [-0.2, -0.15) is 58.8 Å². The Kier molecular flexibility index (Phi) is 69.5. The van der Waals surface area contributed by atoms with E-state index in [-0.39, 0.29) is 35.0 Å². The van der Waals surface area contributed by atoms with Crippen LogP contribution in [0.5, 0.6) is 0 Å². The van der Waals surface area contributed by atoms with E-state index in [0.717, 1.165) is 114 Å². The van der Waals surface area contributed by atoms with Crippen molar-refractivity contribution in [3.63, 3.8) is 0 Å². The smallest absolute Gasteiger partial charge is 0.481 e. The van der Waals surface area contributed by atoms with Crippen LogP contribution in [0.3, 0.4) is 0 Å². The second-order valence-electron chi connectivity index (χ2n) is 21.5. The van der Waals surface area contributed by atoms with Crippen molar-refractivity contribution in [1.82, 2.24) is 4.90 Å². The predicted octanol–water partition coefficient (Wildman–Crippen LogP) is 11.8. The summed E-state index contributed by atoms with van der Waals surface area (Å²) in [5, 5.41) is 18.0. The monoisotopic (exact) mass is 1490 g/mol. The van der Waals surface area contributed by atoms with E-state index in [4.69, 9.17) is 76.2 Å². The van der Waals surface area contributed by atoms with Gasteiger partial charge in [-0.05, 0) is 123 Å². The summed E-state index contributed by atoms with van der Waals surface area (Å²) in [7, 11) is 7.91. The number of nitrogens with zero attached hydrogens (tertiary/aromatic N) is 1. The number of ether oxygens (including phenoxy) is 1. The lowest BCUT2D eigenvalue weighted by Crippen LogP contribution is -2.46. The number of carboxylic acid groups (broad SMARTS) is 1. The summed E-state index contributed by atoms with van der Waals surface area (Å²) in [5.41, 5.74) is -0.327. The summed E-state index contributed by atoms with van der Waals surface area (Å²) in [6, 6.07) is 4.13. The highest BCUT2D eigenvalue weighted by Gasteiger charge is 2.42. The maximum atomic E-state index is 12.0. The third-order valence-corrected chi connectivity index (χ3v) is 34.8. The number of amides is 1. The molecule has 1 amide bonds. The van der Waals surface area contributed by atoms with Crippen LogP contribution < -0.4 is 0 Å². The molecule has 32 heteroatoms. The Bertz CT molecular complexity index is 1620. The van der Waals surface area contributed by atoms with Crippen LogP contribution in [-0.4, -0.2) is 271 Å². The first kappa shape index (κ1) is 100. The Morgan fingerprint density at radius 3 is 0.934 bits per heavy atom. The van der Waals surface area contributed by atoms with Crippen LogP contribution in [0.15, 0.2) is 0 Å². The first-order valence-electron chi connectivity index (χ1n) is 31.8. The van der Waals surface area contributed by atoms with Crippen molar-refractivity contribution >= 4 is 120 Å². The minimum atomic E-state index is -2.52. The third kappa shape index (κ3) is 51.6. The van der Waals surface area contributed by atoms with Crippen LogP contribution in [-0.2, 0) is 85.5 Å². The number of ketones is 1. The van der Waals surface area contributed by atoms with Crippen molar-refractivity contribution in [2.24, 2.45) is 17.3 Å². The molecule has 22 nitrogen and oxygen atoms in total. The van der Waals surface area contributed by atoms with Crippen LogP contribution in [0.4, 0.5) is 0 Å². The zero-order chi connectivity index (χ0) is 70.9. The lowest BCUT2D eigenvalue weighted by Gasteiger charge is -2.28. The lowest BCUT2D eigenvalue weighted by molar-refractivity contribution is -0.140. The molecule has 2 N–H and O–H groups in total. The maximum absolute atomic E-state index is 12.0. The first-order chi connectivity index (χ1) is 43.0. The Labute approximate surface area is 581 Å². The number of aliphatic hydroxyl groups excluding tert-OH is 1. The van der Waals surface area contributed by atoms with Gasteiger partial charge in [0, 0.05) is 190 Å². The molecule has 0 rings (SSSR count). The van der Waals surface area contributed by atoms with Gasteiger partial charge in [-0.3, -0.25) is 14.4 Å². The molecule has 550 valence electrons. The normalized spacial score (nSPS) is 13.5. The number of thioether (sulfide) groups is 5. The Balaban J connectivity index is -0.000000340. The van der Waals surface area contributed by atoms with Crippen LogP contribution in [0.2, 0.25) is 30.2 Å². The molecule has 4 atom stereocenters. The molecule has 0 aliphatic carbocycles. The summed E-state index contributed by atoms with van der Waals surface area (Å²) in [6.45, 7) is 28.6. The molecule has 0 aromatic heterocycles. The number of hydrogen-bond acceptors (Lipinski definition) is 25. The first-order valence-corrected chi connectivity index (χ1v) is 47.3. The highest BCUT2D eigenvalue weighted by molar-refractivity contribution is 8.00. The number of carboxylic acids is 1. The molecule has 0 aromatic carbocycles. The van der Waals surface area contributed by atoms with Crippen molar-refractivity contribution in [1.29, 1.82) is 0 Å². The van der Waals surface area contributed by atoms with Gasteiger partial charge >= 0.3 is 50.0 Å². The standard InChI is InChI=1S/C13H29NO4SSi.C13H28O5SSi.C12H28O4SSi.C11H24O4SSi.C10H24O4SSi/c1-13(2,12(15)14(3)4)11-19-9-8-10-20(16-5,17-6)18-7;1-5-16-20(17-6-2,18-7-3)10-8-9-19-11-12(4)13(14)15;1-5-14-18(15-6-2,16-7-3)10-8-9-17-11-12(4)13;1-10(11(2)12)9-16-7-6-8-17(13-3,14-4)15-5;1-10(11-2)9-15-7-6-8-16(12-3,13-4)14-5/h8-11H2,1-7H3;12H,5-11H2,1-4H3,(H,14,15);12-13H,5-11H2,1-4H3;10H,6-9H2,1-5H3;10H,6-9H2,1-5H3. The Hall–Kier alpha value is 0.764. The van der Waals surface area contributed by atoms with Crippen LogP contribution >= 0.6 is 58.8 Å². The molecule has 0 bridgehead atoms. The third-order valence-electron chi connectivity index (χ3n) is 13.3. The van der Waals surface area contributed by atoms with E-state index < -0.39 is 50.0 Å². The van der Waals surface area contributed by atoms with E-state index in [2.05, 4.69) is 6.92 Å². The second-order valence-corrected chi connectivity index (χ2v) is 41.9. The van der Waals surface area contributed by atoms with E-state index in [0.29, 0.717) is 51.5 Å². The van der Waals surface area contributed by atoms with Gasteiger partial charge in [0.05, 0.1) is 23.5 Å². The van der Waals surface area contributed by atoms with E-state index in [9.17, 15) is 19.5 Å². The molecule has 0 radical (unpaired) electrons. The van der Waals surface area contributed by atoms with Crippen LogP contribution in [0, 0.1) is 17.3 Å². The number of carbonyl (C=O) groups excluding carboxylic acids is 2. The number of aliphatic hydroxyl groups is 1. The minimum Gasteiger partial charge on any atom is -0.481 e. The van der Waals surface area contributed by atoms with Gasteiger partial charge in [0.15, 0.2) is 0 Å². The predicted molar refractivity (Wildman–Crippen MR) is 393 cm³/mol. The Morgan fingerprint density at radius 1 is 0.429 bits per heavy atom. The van der Waals surface area contributed by atoms with E-state index in [1.807, 2.05) is 81.0 Å². The largest absolute Gasteiger partial charge is 0.500 e. The number of Topliss-reactive ketones (excluding diaryl/α,β-unsaturated/α-hetero) is 1.